The normalized spacial score (nSPS) is 39.0. The van der Waals surface area contributed by atoms with Crippen molar-refractivity contribution in [3.63, 3.8) is 0 Å². The van der Waals surface area contributed by atoms with Crippen molar-refractivity contribution in [1.29, 1.82) is 0 Å². The zero-order valence-electron chi connectivity index (χ0n) is 7.17. The van der Waals surface area contributed by atoms with Crippen LogP contribution in [0.4, 0.5) is 4.79 Å². The monoisotopic (exact) mass is 184 g/mol. The Balaban J connectivity index is 2.19. The van der Waals surface area contributed by atoms with Gasteiger partial charge in [-0.25, -0.2) is 4.79 Å². The van der Waals surface area contributed by atoms with Gasteiger partial charge in [0.25, 0.3) is 5.91 Å². The van der Waals surface area contributed by atoms with E-state index in [-0.39, 0.29) is 5.91 Å². The van der Waals surface area contributed by atoms with Crippen molar-refractivity contribution in [3.05, 3.63) is 0 Å². The zero-order valence-corrected chi connectivity index (χ0v) is 7.17. The van der Waals surface area contributed by atoms with Crippen LogP contribution in [-0.2, 0) is 4.79 Å². The SMILES string of the molecule is O=C1NC(=O)[C@]2(CCC[C@H](O)C2)N1. The number of rotatable bonds is 0. The van der Waals surface area contributed by atoms with Crippen LogP contribution < -0.4 is 10.6 Å². The largest absolute Gasteiger partial charge is 0.393 e. The lowest BCUT2D eigenvalue weighted by Crippen LogP contribution is -2.51. The fourth-order valence-corrected chi connectivity index (χ4v) is 2.09. The first-order valence-electron chi connectivity index (χ1n) is 4.44. The summed E-state index contributed by atoms with van der Waals surface area (Å²) in [7, 11) is 0. The van der Waals surface area contributed by atoms with E-state index in [0.29, 0.717) is 19.3 Å². The highest BCUT2D eigenvalue weighted by atomic mass is 16.3. The molecule has 5 nitrogen and oxygen atoms in total. The molecular weight excluding hydrogens is 172 g/mol. The molecule has 2 rings (SSSR count). The van der Waals surface area contributed by atoms with Crippen LogP contribution in [0.3, 0.4) is 0 Å². The number of carbonyl (C=O) groups excluding carboxylic acids is 2. The smallest absolute Gasteiger partial charge is 0.322 e. The first kappa shape index (κ1) is 8.50. The Hall–Kier alpha value is -1.10. The van der Waals surface area contributed by atoms with Crippen LogP contribution in [0.2, 0.25) is 0 Å². The summed E-state index contributed by atoms with van der Waals surface area (Å²) in [5.74, 6) is -0.295. The number of imide groups is 1. The Bertz CT molecular complexity index is 266. The van der Waals surface area contributed by atoms with Gasteiger partial charge in [-0.3, -0.25) is 10.1 Å². The quantitative estimate of drug-likeness (QED) is 0.444. The molecule has 0 radical (unpaired) electrons. The number of hydrogen-bond donors (Lipinski definition) is 3. The molecule has 0 unspecified atom stereocenters. The molecule has 1 saturated heterocycles. The van der Waals surface area contributed by atoms with E-state index >= 15 is 0 Å². The molecule has 2 aliphatic rings. The summed E-state index contributed by atoms with van der Waals surface area (Å²) in [6.45, 7) is 0. The minimum Gasteiger partial charge on any atom is -0.393 e. The first-order valence-corrected chi connectivity index (χ1v) is 4.44. The highest BCUT2D eigenvalue weighted by Gasteiger charge is 2.48. The molecule has 13 heavy (non-hydrogen) atoms. The maximum absolute atomic E-state index is 11.4. The minimum atomic E-state index is -0.825. The van der Waals surface area contributed by atoms with Gasteiger partial charge in [0.2, 0.25) is 0 Å². The Kier molecular flexibility index (Phi) is 1.76. The van der Waals surface area contributed by atoms with Gasteiger partial charge in [-0.1, -0.05) is 0 Å². The van der Waals surface area contributed by atoms with Crippen molar-refractivity contribution in [3.8, 4) is 0 Å². The van der Waals surface area contributed by atoms with Crippen molar-refractivity contribution in [2.24, 2.45) is 0 Å². The fraction of sp³-hybridized carbons (Fsp3) is 0.750. The van der Waals surface area contributed by atoms with Crippen LogP contribution >= 0.6 is 0 Å². The number of hydrogen-bond acceptors (Lipinski definition) is 3. The summed E-state index contributed by atoms with van der Waals surface area (Å²) >= 11 is 0. The molecule has 1 spiro atoms. The lowest BCUT2D eigenvalue weighted by molar-refractivity contribution is -0.126. The van der Waals surface area contributed by atoms with Gasteiger partial charge in [-0.05, 0) is 19.3 Å². The third kappa shape index (κ3) is 1.29. The summed E-state index contributed by atoms with van der Waals surface area (Å²) in [5.41, 5.74) is -0.825. The Morgan fingerprint density at radius 1 is 1.46 bits per heavy atom. The number of aliphatic hydroxyl groups excluding tert-OH is 1. The number of nitrogens with one attached hydrogen (secondary N) is 2. The van der Waals surface area contributed by atoms with E-state index < -0.39 is 17.7 Å². The molecule has 1 heterocycles. The van der Waals surface area contributed by atoms with Crippen molar-refractivity contribution in [2.75, 3.05) is 0 Å². The molecule has 0 bridgehead atoms. The van der Waals surface area contributed by atoms with Crippen molar-refractivity contribution >= 4 is 11.9 Å². The Labute approximate surface area is 75.5 Å². The van der Waals surface area contributed by atoms with Gasteiger partial charge < -0.3 is 10.4 Å². The Morgan fingerprint density at radius 2 is 2.23 bits per heavy atom. The summed E-state index contributed by atoms with van der Waals surface area (Å²) in [4.78, 5) is 22.3. The molecule has 3 amide bonds. The van der Waals surface area contributed by atoms with Crippen LogP contribution in [0.25, 0.3) is 0 Å². The van der Waals surface area contributed by atoms with E-state index in [9.17, 15) is 14.7 Å². The molecule has 2 atom stereocenters. The van der Waals surface area contributed by atoms with Crippen LogP contribution in [0, 0.1) is 0 Å². The fourth-order valence-electron chi connectivity index (χ4n) is 2.09. The van der Waals surface area contributed by atoms with E-state index in [2.05, 4.69) is 10.6 Å². The maximum atomic E-state index is 11.4. The van der Waals surface area contributed by atoms with Gasteiger partial charge in [-0.15, -0.1) is 0 Å². The van der Waals surface area contributed by atoms with Crippen molar-refractivity contribution in [2.45, 2.75) is 37.3 Å². The second-order valence-corrected chi connectivity index (χ2v) is 3.74. The molecule has 5 heteroatoms. The number of amides is 3. The zero-order chi connectivity index (χ0) is 9.47. The molecule has 1 aliphatic heterocycles. The topological polar surface area (TPSA) is 78.4 Å². The van der Waals surface area contributed by atoms with E-state index in [1.807, 2.05) is 0 Å². The average Bonchev–Trinajstić information content (AvgIpc) is 2.26. The molecule has 0 aromatic heterocycles. The summed E-state index contributed by atoms with van der Waals surface area (Å²) in [6, 6.07) is -0.445. The maximum Gasteiger partial charge on any atom is 0.322 e. The van der Waals surface area contributed by atoms with Crippen LogP contribution in [0.5, 0.6) is 0 Å². The second kappa shape index (κ2) is 2.70. The number of carbonyl (C=O) groups is 2. The van der Waals surface area contributed by atoms with Gasteiger partial charge in [-0.2, -0.15) is 0 Å². The standard InChI is InChI=1S/C8H12N2O3/c11-5-2-1-3-8(4-5)6(12)9-7(13)10-8/h5,11H,1-4H2,(H2,9,10,12,13)/t5-,8+/m0/s1. The third-order valence-electron chi connectivity index (χ3n) is 2.74. The minimum absolute atomic E-state index is 0.295. The number of urea groups is 1. The molecule has 1 saturated carbocycles. The highest BCUT2D eigenvalue weighted by molar-refractivity contribution is 6.07. The second-order valence-electron chi connectivity index (χ2n) is 3.74. The molecular formula is C8H12N2O3. The van der Waals surface area contributed by atoms with Gasteiger partial charge in [0.1, 0.15) is 5.54 Å². The molecule has 0 aromatic carbocycles. The first-order chi connectivity index (χ1) is 6.12. The summed E-state index contributed by atoms with van der Waals surface area (Å²) < 4.78 is 0. The summed E-state index contributed by atoms with van der Waals surface area (Å²) in [6.07, 6.45) is 1.98. The van der Waals surface area contributed by atoms with Crippen molar-refractivity contribution < 1.29 is 14.7 Å². The average molecular weight is 184 g/mol. The summed E-state index contributed by atoms with van der Waals surface area (Å²) in [5, 5.41) is 14.2. The van der Waals surface area contributed by atoms with Gasteiger partial charge in [0.05, 0.1) is 6.10 Å². The van der Waals surface area contributed by atoms with E-state index in [1.54, 1.807) is 0 Å². The highest BCUT2D eigenvalue weighted by Crippen LogP contribution is 2.30. The Morgan fingerprint density at radius 3 is 2.77 bits per heavy atom. The molecule has 3 N–H and O–H groups in total. The van der Waals surface area contributed by atoms with Gasteiger partial charge >= 0.3 is 6.03 Å². The van der Waals surface area contributed by atoms with Crippen molar-refractivity contribution in [1.82, 2.24) is 10.6 Å². The van der Waals surface area contributed by atoms with Gasteiger partial charge in [0, 0.05) is 6.42 Å². The lowest BCUT2D eigenvalue weighted by atomic mass is 9.80. The molecule has 2 fully saturated rings. The predicted octanol–water partition coefficient (Wildman–Crippen LogP) is -0.501. The van der Waals surface area contributed by atoms with E-state index in [4.69, 9.17) is 0 Å². The molecule has 72 valence electrons. The third-order valence-corrected chi connectivity index (χ3v) is 2.74. The molecule has 1 aliphatic carbocycles. The van der Waals surface area contributed by atoms with Crippen LogP contribution in [-0.4, -0.2) is 28.7 Å². The van der Waals surface area contributed by atoms with E-state index in [0.717, 1.165) is 6.42 Å². The number of aliphatic hydroxyl groups is 1. The van der Waals surface area contributed by atoms with Crippen LogP contribution in [0.1, 0.15) is 25.7 Å². The van der Waals surface area contributed by atoms with Crippen LogP contribution in [0.15, 0.2) is 0 Å². The lowest BCUT2D eigenvalue weighted by Gasteiger charge is -2.32. The predicted molar refractivity (Wildman–Crippen MR) is 43.9 cm³/mol. The van der Waals surface area contributed by atoms with E-state index in [1.165, 1.54) is 0 Å². The molecule has 0 aromatic rings. The van der Waals surface area contributed by atoms with Gasteiger partial charge in [0.15, 0.2) is 0 Å².